The van der Waals surface area contributed by atoms with Gasteiger partial charge in [0.05, 0.1) is 5.92 Å². The van der Waals surface area contributed by atoms with Gasteiger partial charge in [-0.2, -0.15) is 0 Å². The molecular weight excluding hydrogens is 200 g/mol. The molecule has 0 aliphatic heterocycles. The Morgan fingerprint density at radius 1 is 1.25 bits per heavy atom. The van der Waals surface area contributed by atoms with E-state index in [4.69, 9.17) is 5.73 Å². The summed E-state index contributed by atoms with van der Waals surface area (Å²) in [5.74, 6) is 0.745. The van der Waals surface area contributed by atoms with Crippen molar-refractivity contribution >= 4 is 5.91 Å². The van der Waals surface area contributed by atoms with Gasteiger partial charge >= 0.3 is 0 Å². The minimum atomic E-state index is -0.00560. The zero-order chi connectivity index (χ0) is 12.7. The molecule has 96 valence electrons. The Hall–Kier alpha value is -0.570. The van der Waals surface area contributed by atoms with Crippen molar-refractivity contribution in [3.63, 3.8) is 0 Å². The van der Waals surface area contributed by atoms with Gasteiger partial charge < -0.3 is 10.6 Å². The van der Waals surface area contributed by atoms with Crippen molar-refractivity contribution in [2.45, 2.75) is 53.5 Å². The van der Waals surface area contributed by atoms with E-state index in [-0.39, 0.29) is 11.8 Å². The summed E-state index contributed by atoms with van der Waals surface area (Å²) in [4.78, 5) is 14.2. The number of carbonyl (C=O) groups is 1. The van der Waals surface area contributed by atoms with Gasteiger partial charge in [-0.15, -0.1) is 0 Å². The van der Waals surface area contributed by atoms with Crippen LogP contribution in [-0.2, 0) is 4.79 Å². The molecule has 0 rings (SSSR count). The van der Waals surface area contributed by atoms with Gasteiger partial charge in [0.15, 0.2) is 0 Å². The van der Waals surface area contributed by atoms with E-state index in [9.17, 15) is 4.79 Å². The summed E-state index contributed by atoms with van der Waals surface area (Å²) in [6.07, 6.45) is 1.89. The third-order valence-electron chi connectivity index (χ3n) is 3.14. The fraction of sp³-hybridized carbons (Fsp3) is 0.923. The van der Waals surface area contributed by atoms with Gasteiger partial charge in [-0.25, -0.2) is 0 Å². The first-order valence-electron chi connectivity index (χ1n) is 6.48. The Morgan fingerprint density at radius 2 is 1.81 bits per heavy atom. The van der Waals surface area contributed by atoms with Gasteiger partial charge in [-0.3, -0.25) is 4.79 Å². The van der Waals surface area contributed by atoms with Gasteiger partial charge in [0, 0.05) is 19.1 Å². The molecule has 0 bridgehead atoms. The standard InChI is InChI=1S/C13H28N2O/c1-6-11(5)15(7-2)13(16)12(9-14)8-10(3)4/h10-12H,6-9,14H2,1-5H3. The molecule has 0 saturated heterocycles. The van der Waals surface area contributed by atoms with Gasteiger partial charge in [0.25, 0.3) is 0 Å². The first-order valence-corrected chi connectivity index (χ1v) is 6.48. The van der Waals surface area contributed by atoms with E-state index in [0.29, 0.717) is 18.5 Å². The van der Waals surface area contributed by atoms with E-state index in [2.05, 4.69) is 27.7 Å². The van der Waals surface area contributed by atoms with E-state index in [1.54, 1.807) is 0 Å². The molecule has 0 aliphatic rings. The van der Waals surface area contributed by atoms with Crippen LogP contribution in [0.15, 0.2) is 0 Å². The summed E-state index contributed by atoms with van der Waals surface area (Å²) in [6.45, 7) is 11.8. The molecule has 1 amide bonds. The molecule has 0 spiro atoms. The van der Waals surface area contributed by atoms with E-state index >= 15 is 0 Å². The second kappa shape index (κ2) is 7.66. The molecule has 0 saturated carbocycles. The zero-order valence-electron chi connectivity index (χ0n) is 11.5. The van der Waals surface area contributed by atoms with Gasteiger partial charge in [0.2, 0.25) is 5.91 Å². The van der Waals surface area contributed by atoms with Gasteiger partial charge in [-0.05, 0) is 32.6 Å². The lowest BCUT2D eigenvalue weighted by atomic mass is 9.95. The normalized spacial score (nSPS) is 14.9. The van der Waals surface area contributed by atoms with Crippen LogP contribution in [0.1, 0.15) is 47.5 Å². The van der Waals surface area contributed by atoms with Crippen LogP contribution in [0.3, 0.4) is 0 Å². The molecular formula is C13H28N2O. The van der Waals surface area contributed by atoms with Gasteiger partial charge in [-0.1, -0.05) is 20.8 Å². The molecule has 2 atom stereocenters. The third kappa shape index (κ3) is 4.52. The fourth-order valence-electron chi connectivity index (χ4n) is 2.01. The molecule has 3 nitrogen and oxygen atoms in total. The van der Waals surface area contributed by atoms with Crippen LogP contribution < -0.4 is 5.73 Å². The van der Waals surface area contributed by atoms with Crippen LogP contribution in [0.2, 0.25) is 0 Å². The van der Waals surface area contributed by atoms with Crippen molar-refractivity contribution in [1.29, 1.82) is 0 Å². The van der Waals surface area contributed by atoms with Gasteiger partial charge in [0.1, 0.15) is 0 Å². The molecule has 2 N–H and O–H groups in total. The monoisotopic (exact) mass is 228 g/mol. The Labute approximate surface area is 100 Å². The van der Waals surface area contributed by atoms with E-state index in [1.165, 1.54) is 0 Å². The summed E-state index contributed by atoms with van der Waals surface area (Å²) in [6, 6.07) is 0.318. The third-order valence-corrected chi connectivity index (χ3v) is 3.14. The second-order valence-corrected chi connectivity index (χ2v) is 4.94. The maximum atomic E-state index is 12.3. The van der Waals surface area contributed by atoms with Crippen molar-refractivity contribution in [3.8, 4) is 0 Å². The molecule has 0 aliphatic carbocycles. The predicted molar refractivity (Wildman–Crippen MR) is 69.1 cm³/mol. The highest BCUT2D eigenvalue weighted by Gasteiger charge is 2.25. The highest BCUT2D eigenvalue weighted by atomic mass is 16.2. The number of amides is 1. The lowest BCUT2D eigenvalue weighted by Crippen LogP contribution is -2.44. The van der Waals surface area contributed by atoms with Crippen molar-refractivity contribution in [1.82, 2.24) is 4.90 Å². The molecule has 3 heteroatoms. The molecule has 0 aromatic heterocycles. The summed E-state index contributed by atoms with van der Waals surface area (Å²) in [5.41, 5.74) is 5.71. The lowest BCUT2D eigenvalue weighted by Gasteiger charge is -2.31. The Kier molecular flexibility index (Phi) is 7.39. The number of rotatable bonds is 7. The van der Waals surface area contributed by atoms with Crippen LogP contribution >= 0.6 is 0 Å². The number of hydrogen-bond acceptors (Lipinski definition) is 2. The van der Waals surface area contributed by atoms with Crippen LogP contribution in [-0.4, -0.2) is 29.9 Å². The molecule has 0 heterocycles. The minimum Gasteiger partial charge on any atom is -0.340 e. The maximum Gasteiger partial charge on any atom is 0.227 e. The average Bonchev–Trinajstić information content (AvgIpc) is 2.25. The van der Waals surface area contributed by atoms with Crippen LogP contribution in [0.4, 0.5) is 0 Å². The Morgan fingerprint density at radius 3 is 2.12 bits per heavy atom. The topological polar surface area (TPSA) is 46.3 Å². The summed E-state index contributed by atoms with van der Waals surface area (Å²) in [7, 11) is 0. The number of hydrogen-bond donors (Lipinski definition) is 1. The summed E-state index contributed by atoms with van der Waals surface area (Å²) in [5, 5.41) is 0. The van der Waals surface area contributed by atoms with Crippen LogP contribution in [0.25, 0.3) is 0 Å². The summed E-state index contributed by atoms with van der Waals surface area (Å²) < 4.78 is 0. The largest absolute Gasteiger partial charge is 0.340 e. The van der Waals surface area contributed by atoms with Crippen LogP contribution in [0, 0.1) is 11.8 Å². The second-order valence-electron chi connectivity index (χ2n) is 4.94. The number of carbonyl (C=O) groups excluding carboxylic acids is 1. The average molecular weight is 228 g/mol. The maximum absolute atomic E-state index is 12.3. The first kappa shape index (κ1) is 15.4. The molecule has 16 heavy (non-hydrogen) atoms. The SMILES string of the molecule is CCC(C)N(CC)C(=O)C(CN)CC(C)C. The van der Waals surface area contributed by atoms with Crippen molar-refractivity contribution in [2.24, 2.45) is 17.6 Å². The quantitative estimate of drug-likeness (QED) is 0.726. The lowest BCUT2D eigenvalue weighted by molar-refractivity contribution is -0.137. The predicted octanol–water partition coefficient (Wildman–Crippen LogP) is 2.25. The highest BCUT2D eigenvalue weighted by molar-refractivity contribution is 5.79. The molecule has 0 aromatic carbocycles. The Bertz CT molecular complexity index is 204. The number of nitrogens with two attached hydrogens (primary N) is 1. The fourth-order valence-corrected chi connectivity index (χ4v) is 2.01. The zero-order valence-corrected chi connectivity index (χ0v) is 11.5. The van der Waals surface area contributed by atoms with Crippen molar-refractivity contribution in [2.75, 3.05) is 13.1 Å². The van der Waals surface area contributed by atoms with Crippen molar-refractivity contribution in [3.05, 3.63) is 0 Å². The first-order chi connectivity index (χ1) is 7.47. The van der Waals surface area contributed by atoms with E-state index < -0.39 is 0 Å². The molecule has 0 aromatic rings. The minimum absolute atomic E-state index is 0.00560. The molecule has 2 unspecified atom stereocenters. The smallest absolute Gasteiger partial charge is 0.227 e. The summed E-state index contributed by atoms with van der Waals surface area (Å²) >= 11 is 0. The van der Waals surface area contributed by atoms with Crippen molar-refractivity contribution < 1.29 is 4.79 Å². The molecule has 0 fully saturated rings. The highest BCUT2D eigenvalue weighted by Crippen LogP contribution is 2.16. The molecule has 0 radical (unpaired) electrons. The number of nitrogens with zero attached hydrogens (tertiary/aromatic N) is 1. The Balaban J connectivity index is 4.56. The van der Waals surface area contributed by atoms with Crippen LogP contribution in [0.5, 0.6) is 0 Å². The van der Waals surface area contributed by atoms with E-state index in [1.807, 2.05) is 11.8 Å². The van der Waals surface area contributed by atoms with E-state index in [0.717, 1.165) is 19.4 Å².